The van der Waals surface area contributed by atoms with Crippen molar-refractivity contribution in [2.24, 2.45) is 0 Å². The van der Waals surface area contributed by atoms with E-state index in [1.54, 1.807) is 0 Å². The first-order chi connectivity index (χ1) is 11.0. The van der Waals surface area contributed by atoms with Crippen LogP contribution in [0.1, 0.15) is 35.7 Å². The van der Waals surface area contributed by atoms with Crippen LogP contribution in [0.5, 0.6) is 0 Å². The first-order valence-corrected chi connectivity index (χ1v) is 8.54. The molecule has 0 aliphatic heterocycles. The summed E-state index contributed by atoms with van der Waals surface area (Å²) in [6, 6.07) is 12.9. The van der Waals surface area contributed by atoms with Gasteiger partial charge < -0.3 is 10.4 Å². The quantitative estimate of drug-likeness (QED) is 0.753. The van der Waals surface area contributed by atoms with E-state index >= 15 is 0 Å². The summed E-state index contributed by atoms with van der Waals surface area (Å²) in [6.45, 7) is 0. The lowest BCUT2D eigenvalue weighted by Crippen LogP contribution is -2.29. The lowest BCUT2D eigenvalue weighted by atomic mass is 10.0. The van der Waals surface area contributed by atoms with Crippen molar-refractivity contribution in [1.82, 2.24) is 5.32 Å². The van der Waals surface area contributed by atoms with Crippen molar-refractivity contribution in [2.75, 3.05) is 0 Å². The number of thiophene rings is 1. The van der Waals surface area contributed by atoms with Crippen LogP contribution in [0.15, 0.2) is 42.5 Å². The Kier molecular flexibility index (Phi) is 6.62. The van der Waals surface area contributed by atoms with Crippen LogP contribution in [-0.4, -0.2) is 17.0 Å². The third-order valence-corrected chi connectivity index (χ3v) is 4.70. The van der Waals surface area contributed by atoms with Gasteiger partial charge >= 0.3 is 5.97 Å². The standard InChI is InChI=1S/C17H18ClNO3S/c18-15-9-6-13(23-15)7-10-16(20)19-14(8-11-17(21)22)12-4-2-1-3-5-12/h1-6,9,14H,7-8,10-11H2,(H,19,20)(H,21,22). The Morgan fingerprint density at radius 1 is 1.13 bits per heavy atom. The summed E-state index contributed by atoms with van der Waals surface area (Å²) in [4.78, 5) is 24.0. The van der Waals surface area contributed by atoms with Crippen LogP contribution in [0.3, 0.4) is 0 Å². The molecule has 122 valence electrons. The number of carboxylic acid groups (broad SMARTS) is 1. The summed E-state index contributed by atoms with van der Waals surface area (Å²) < 4.78 is 0.712. The van der Waals surface area contributed by atoms with E-state index in [1.165, 1.54) is 11.3 Å². The number of amides is 1. The number of nitrogens with one attached hydrogen (secondary N) is 1. The summed E-state index contributed by atoms with van der Waals surface area (Å²) >= 11 is 7.34. The van der Waals surface area contributed by atoms with Gasteiger partial charge in [0, 0.05) is 17.7 Å². The monoisotopic (exact) mass is 351 g/mol. The summed E-state index contributed by atoms with van der Waals surface area (Å²) in [5.74, 6) is -0.956. The molecule has 1 heterocycles. The van der Waals surface area contributed by atoms with Crippen LogP contribution in [0.4, 0.5) is 0 Å². The van der Waals surface area contributed by atoms with Crippen LogP contribution in [0, 0.1) is 0 Å². The van der Waals surface area contributed by atoms with Crippen LogP contribution < -0.4 is 5.32 Å². The molecule has 0 fully saturated rings. The molecule has 2 aromatic rings. The SMILES string of the molecule is O=C(O)CCC(NC(=O)CCc1ccc(Cl)s1)c1ccccc1. The zero-order valence-corrected chi connectivity index (χ0v) is 14.1. The molecule has 0 aliphatic rings. The number of benzene rings is 1. The second kappa shape index (κ2) is 8.70. The fraction of sp³-hybridized carbons (Fsp3) is 0.294. The zero-order chi connectivity index (χ0) is 16.7. The van der Waals surface area contributed by atoms with Gasteiger partial charge in [-0.05, 0) is 30.5 Å². The molecule has 6 heteroatoms. The molecule has 0 aliphatic carbocycles. The largest absolute Gasteiger partial charge is 0.481 e. The molecule has 0 spiro atoms. The van der Waals surface area contributed by atoms with E-state index in [0.717, 1.165) is 10.4 Å². The zero-order valence-electron chi connectivity index (χ0n) is 12.5. The van der Waals surface area contributed by atoms with E-state index in [0.29, 0.717) is 23.6 Å². The lowest BCUT2D eigenvalue weighted by Gasteiger charge is -2.18. The molecule has 1 unspecified atom stereocenters. The van der Waals surface area contributed by atoms with Crippen molar-refractivity contribution in [3.63, 3.8) is 0 Å². The Labute approximate surface area is 144 Å². The molecule has 2 N–H and O–H groups in total. The van der Waals surface area contributed by atoms with Gasteiger partial charge in [-0.15, -0.1) is 11.3 Å². The van der Waals surface area contributed by atoms with Crippen molar-refractivity contribution in [1.29, 1.82) is 0 Å². The van der Waals surface area contributed by atoms with Gasteiger partial charge in [-0.2, -0.15) is 0 Å². The van der Waals surface area contributed by atoms with E-state index in [2.05, 4.69) is 5.32 Å². The van der Waals surface area contributed by atoms with Gasteiger partial charge in [0.2, 0.25) is 5.91 Å². The predicted octanol–water partition coefficient (Wildman–Crippen LogP) is 4.06. The second-order valence-corrected chi connectivity index (χ2v) is 6.97. The minimum Gasteiger partial charge on any atom is -0.481 e. The molecular weight excluding hydrogens is 334 g/mol. The first kappa shape index (κ1) is 17.5. The van der Waals surface area contributed by atoms with Crippen molar-refractivity contribution in [3.05, 3.63) is 57.2 Å². The van der Waals surface area contributed by atoms with Crippen molar-refractivity contribution in [2.45, 2.75) is 31.7 Å². The second-order valence-electron chi connectivity index (χ2n) is 5.17. The molecule has 0 saturated carbocycles. The highest BCUT2D eigenvalue weighted by molar-refractivity contribution is 7.16. The van der Waals surface area contributed by atoms with Crippen molar-refractivity contribution in [3.8, 4) is 0 Å². The molecule has 0 saturated heterocycles. The fourth-order valence-corrected chi connectivity index (χ4v) is 3.35. The maximum absolute atomic E-state index is 12.2. The number of carboxylic acids is 1. The van der Waals surface area contributed by atoms with Crippen LogP contribution in [-0.2, 0) is 16.0 Å². The van der Waals surface area contributed by atoms with Gasteiger partial charge in [0.25, 0.3) is 0 Å². The summed E-state index contributed by atoms with van der Waals surface area (Å²) in [5, 5.41) is 11.8. The Bertz CT molecular complexity index is 657. The van der Waals surface area contributed by atoms with E-state index < -0.39 is 5.97 Å². The molecule has 1 aromatic heterocycles. The summed E-state index contributed by atoms with van der Waals surface area (Å²) in [7, 11) is 0. The maximum Gasteiger partial charge on any atom is 0.303 e. The average Bonchev–Trinajstić information content (AvgIpc) is 2.95. The van der Waals surface area contributed by atoms with Gasteiger partial charge in [0.05, 0.1) is 10.4 Å². The minimum absolute atomic E-state index is 0.0143. The van der Waals surface area contributed by atoms with Gasteiger partial charge in [0.1, 0.15) is 0 Å². The Morgan fingerprint density at radius 2 is 1.87 bits per heavy atom. The smallest absolute Gasteiger partial charge is 0.303 e. The van der Waals surface area contributed by atoms with E-state index in [-0.39, 0.29) is 18.4 Å². The number of aliphatic carboxylic acids is 1. The molecule has 2 rings (SSSR count). The molecule has 23 heavy (non-hydrogen) atoms. The highest BCUT2D eigenvalue weighted by atomic mass is 35.5. The average molecular weight is 352 g/mol. The number of hydrogen-bond donors (Lipinski definition) is 2. The Balaban J connectivity index is 1.93. The van der Waals surface area contributed by atoms with Crippen LogP contribution >= 0.6 is 22.9 Å². The van der Waals surface area contributed by atoms with Crippen molar-refractivity contribution < 1.29 is 14.7 Å². The fourth-order valence-electron chi connectivity index (χ4n) is 2.26. The molecule has 4 nitrogen and oxygen atoms in total. The van der Waals surface area contributed by atoms with Gasteiger partial charge in [0.15, 0.2) is 0 Å². The molecule has 1 aromatic carbocycles. The van der Waals surface area contributed by atoms with E-state index in [1.807, 2.05) is 42.5 Å². The van der Waals surface area contributed by atoms with E-state index in [4.69, 9.17) is 16.7 Å². The lowest BCUT2D eigenvalue weighted by molar-refractivity contribution is -0.137. The number of hydrogen-bond acceptors (Lipinski definition) is 3. The molecule has 0 bridgehead atoms. The van der Waals surface area contributed by atoms with E-state index in [9.17, 15) is 9.59 Å². The maximum atomic E-state index is 12.2. The first-order valence-electron chi connectivity index (χ1n) is 7.35. The molecule has 1 atom stereocenters. The summed E-state index contributed by atoms with van der Waals surface area (Å²) in [6.07, 6.45) is 1.37. The van der Waals surface area contributed by atoms with Crippen molar-refractivity contribution >= 4 is 34.8 Å². The number of carbonyl (C=O) groups excluding carboxylic acids is 1. The number of halogens is 1. The number of carbonyl (C=O) groups is 2. The third-order valence-electron chi connectivity index (χ3n) is 3.41. The Morgan fingerprint density at radius 3 is 2.48 bits per heavy atom. The van der Waals surface area contributed by atoms with Gasteiger partial charge in [-0.3, -0.25) is 9.59 Å². The van der Waals surface area contributed by atoms with Gasteiger partial charge in [-0.25, -0.2) is 0 Å². The number of rotatable bonds is 8. The third kappa shape index (κ3) is 6.04. The van der Waals surface area contributed by atoms with Crippen LogP contribution in [0.2, 0.25) is 4.34 Å². The highest BCUT2D eigenvalue weighted by Gasteiger charge is 2.16. The molecular formula is C17H18ClNO3S. The number of aryl methyl sites for hydroxylation is 1. The van der Waals surface area contributed by atoms with Crippen LogP contribution in [0.25, 0.3) is 0 Å². The minimum atomic E-state index is -0.867. The molecule has 1 amide bonds. The normalized spacial score (nSPS) is 11.9. The highest BCUT2D eigenvalue weighted by Crippen LogP contribution is 2.23. The van der Waals surface area contributed by atoms with Gasteiger partial charge in [-0.1, -0.05) is 41.9 Å². The Hall–Kier alpha value is -1.85. The summed E-state index contributed by atoms with van der Waals surface area (Å²) in [5.41, 5.74) is 0.918. The molecule has 0 radical (unpaired) electrons. The topological polar surface area (TPSA) is 66.4 Å². The predicted molar refractivity (Wildman–Crippen MR) is 91.8 cm³/mol.